The zero-order valence-corrected chi connectivity index (χ0v) is 11.7. The molecule has 0 saturated carbocycles. The summed E-state index contributed by atoms with van der Waals surface area (Å²) < 4.78 is 5.64. The number of nitrogens with zero attached hydrogens (tertiary/aromatic N) is 1. The van der Waals surface area contributed by atoms with Gasteiger partial charge in [-0.15, -0.1) is 0 Å². The van der Waals surface area contributed by atoms with Crippen LogP contribution in [0.5, 0.6) is 5.88 Å². The average Bonchev–Trinajstić information content (AvgIpc) is 2.30. The molecule has 0 saturated heterocycles. The lowest BCUT2D eigenvalue weighted by atomic mass is 10.3. The molecule has 0 unspecified atom stereocenters. The maximum atomic E-state index is 5.64. The van der Waals surface area contributed by atoms with Crippen molar-refractivity contribution in [2.75, 3.05) is 23.4 Å². The highest BCUT2D eigenvalue weighted by atomic mass is 32.2. The fourth-order valence-corrected chi connectivity index (χ4v) is 2.02. The molecule has 0 aliphatic rings. The zero-order valence-electron chi connectivity index (χ0n) is 10.9. The Morgan fingerprint density at radius 3 is 3.00 bits per heavy atom. The first kappa shape index (κ1) is 14.2. The molecule has 4 heteroatoms. The van der Waals surface area contributed by atoms with Gasteiger partial charge < -0.3 is 10.1 Å². The summed E-state index contributed by atoms with van der Waals surface area (Å²) in [7, 11) is 0. The van der Waals surface area contributed by atoms with E-state index in [9.17, 15) is 0 Å². The number of pyridine rings is 1. The van der Waals surface area contributed by atoms with Crippen molar-refractivity contribution in [3.05, 3.63) is 18.3 Å². The van der Waals surface area contributed by atoms with Crippen molar-refractivity contribution in [2.24, 2.45) is 0 Å². The zero-order chi connectivity index (χ0) is 12.5. The molecule has 3 nitrogen and oxygen atoms in total. The summed E-state index contributed by atoms with van der Waals surface area (Å²) in [4.78, 5) is 4.24. The summed E-state index contributed by atoms with van der Waals surface area (Å²) in [5.41, 5.74) is 0.989. The number of anilines is 1. The number of hydrogen-bond donors (Lipinski definition) is 1. The summed E-state index contributed by atoms with van der Waals surface area (Å²) in [5.74, 6) is 3.09. The summed E-state index contributed by atoms with van der Waals surface area (Å²) in [6.07, 6.45) is 3.07. The Balaban J connectivity index is 2.40. The Kier molecular flexibility index (Phi) is 6.86. The highest BCUT2D eigenvalue weighted by Gasteiger charge is 2.05. The van der Waals surface area contributed by atoms with Crippen LogP contribution < -0.4 is 10.1 Å². The molecule has 1 rings (SSSR count). The minimum Gasteiger partial charge on any atom is -0.473 e. The molecule has 0 aliphatic carbocycles. The monoisotopic (exact) mass is 254 g/mol. The number of hydrogen-bond acceptors (Lipinski definition) is 4. The second kappa shape index (κ2) is 8.23. The van der Waals surface area contributed by atoms with Crippen LogP contribution >= 0.6 is 11.8 Å². The third-order valence-corrected chi connectivity index (χ3v) is 3.09. The van der Waals surface area contributed by atoms with E-state index in [1.165, 1.54) is 11.5 Å². The lowest BCUT2D eigenvalue weighted by molar-refractivity contribution is 0.234. The molecule has 96 valence electrons. The second-order valence-corrected chi connectivity index (χ2v) is 5.39. The Hall–Kier alpha value is -0.900. The second-order valence-electron chi connectivity index (χ2n) is 4.00. The minimum absolute atomic E-state index is 0.154. The number of ether oxygens (including phenoxy) is 1. The van der Waals surface area contributed by atoms with Crippen molar-refractivity contribution in [3.63, 3.8) is 0 Å². The molecule has 0 amide bonds. The first-order chi connectivity index (χ1) is 8.24. The largest absolute Gasteiger partial charge is 0.473 e. The van der Waals surface area contributed by atoms with Crippen LogP contribution in [0.2, 0.25) is 0 Å². The molecule has 1 heterocycles. The molecule has 0 spiro atoms. The van der Waals surface area contributed by atoms with E-state index in [0.29, 0.717) is 5.88 Å². The lowest BCUT2D eigenvalue weighted by Crippen LogP contribution is -2.10. The molecular weight excluding hydrogens is 232 g/mol. The summed E-state index contributed by atoms with van der Waals surface area (Å²) in [5, 5.41) is 3.38. The number of thioether (sulfide) groups is 1. The Bertz CT molecular complexity index is 318. The van der Waals surface area contributed by atoms with E-state index in [0.717, 1.165) is 18.7 Å². The normalized spacial score (nSPS) is 10.6. The highest BCUT2D eigenvalue weighted by Crippen LogP contribution is 2.21. The molecular formula is C13H22N2OS. The van der Waals surface area contributed by atoms with Crippen LogP contribution in [0.3, 0.4) is 0 Å². The first-order valence-electron chi connectivity index (χ1n) is 6.17. The summed E-state index contributed by atoms with van der Waals surface area (Å²) >= 11 is 1.97. The van der Waals surface area contributed by atoms with E-state index in [1.54, 1.807) is 6.20 Å². The average molecular weight is 254 g/mol. The first-order valence-corrected chi connectivity index (χ1v) is 7.32. The Morgan fingerprint density at radius 1 is 1.47 bits per heavy atom. The molecule has 0 fully saturated rings. The van der Waals surface area contributed by atoms with Crippen LogP contribution in [0.4, 0.5) is 5.69 Å². The highest BCUT2D eigenvalue weighted by molar-refractivity contribution is 7.99. The van der Waals surface area contributed by atoms with E-state index in [-0.39, 0.29) is 6.10 Å². The van der Waals surface area contributed by atoms with E-state index < -0.39 is 0 Å². The van der Waals surface area contributed by atoms with Crippen LogP contribution in [0.25, 0.3) is 0 Å². The summed E-state index contributed by atoms with van der Waals surface area (Å²) in [6.45, 7) is 7.17. The molecule has 1 N–H and O–H groups in total. The molecule has 1 aromatic rings. The maximum absolute atomic E-state index is 5.64. The van der Waals surface area contributed by atoms with E-state index in [1.807, 2.05) is 37.7 Å². The van der Waals surface area contributed by atoms with Gasteiger partial charge in [-0.05, 0) is 43.9 Å². The Labute approximate surface area is 108 Å². The van der Waals surface area contributed by atoms with Crippen LogP contribution in [0, 0.1) is 0 Å². The molecule has 0 atom stereocenters. The van der Waals surface area contributed by atoms with Gasteiger partial charge in [-0.25, -0.2) is 4.98 Å². The number of nitrogens with one attached hydrogen (secondary N) is 1. The maximum Gasteiger partial charge on any atom is 0.237 e. The van der Waals surface area contributed by atoms with Gasteiger partial charge in [-0.2, -0.15) is 11.8 Å². The van der Waals surface area contributed by atoms with Gasteiger partial charge in [0.2, 0.25) is 5.88 Å². The van der Waals surface area contributed by atoms with Gasteiger partial charge in [0, 0.05) is 12.7 Å². The molecule has 17 heavy (non-hydrogen) atoms. The van der Waals surface area contributed by atoms with Gasteiger partial charge in [-0.3, -0.25) is 0 Å². The predicted molar refractivity (Wildman–Crippen MR) is 76.1 cm³/mol. The third kappa shape index (κ3) is 5.82. The van der Waals surface area contributed by atoms with E-state index >= 15 is 0 Å². The molecule has 1 aromatic heterocycles. The third-order valence-electron chi connectivity index (χ3n) is 2.10. The van der Waals surface area contributed by atoms with Gasteiger partial charge in [0.1, 0.15) is 0 Å². The molecule has 0 aliphatic heterocycles. The van der Waals surface area contributed by atoms with Crippen LogP contribution in [0.15, 0.2) is 18.3 Å². The van der Waals surface area contributed by atoms with Gasteiger partial charge in [0.05, 0.1) is 11.8 Å². The van der Waals surface area contributed by atoms with Crippen molar-refractivity contribution in [1.82, 2.24) is 4.98 Å². The fourth-order valence-electron chi connectivity index (χ4n) is 1.38. The predicted octanol–water partition coefficient (Wildman–Crippen LogP) is 3.42. The quantitative estimate of drug-likeness (QED) is 0.721. The smallest absolute Gasteiger partial charge is 0.237 e. The number of rotatable bonds is 8. The van der Waals surface area contributed by atoms with Gasteiger partial charge in [0.25, 0.3) is 0 Å². The van der Waals surface area contributed by atoms with Crippen LogP contribution in [-0.4, -0.2) is 29.1 Å². The van der Waals surface area contributed by atoms with Crippen molar-refractivity contribution in [3.8, 4) is 5.88 Å². The van der Waals surface area contributed by atoms with Crippen LogP contribution in [0.1, 0.15) is 27.2 Å². The topological polar surface area (TPSA) is 34.2 Å². The number of aromatic nitrogens is 1. The van der Waals surface area contributed by atoms with Gasteiger partial charge in [0.15, 0.2) is 0 Å². The molecule has 0 radical (unpaired) electrons. The van der Waals surface area contributed by atoms with Crippen molar-refractivity contribution in [1.29, 1.82) is 0 Å². The van der Waals surface area contributed by atoms with Gasteiger partial charge in [-0.1, -0.05) is 6.92 Å². The van der Waals surface area contributed by atoms with E-state index in [4.69, 9.17) is 4.74 Å². The van der Waals surface area contributed by atoms with Crippen LogP contribution in [-0.2, 0) is 0 Å². The summed E-state index contributed by atoms with van der Waals surface area (Å²) in [6, 6.07) is 3.94. The SMILES string of the molecule is CCSCCCNc1cccnc1OC(C)C. The van der Waals surface area contributed by atoms with Crippen molar-refractivity contribution < 1.29 is 4.74 Å². The minimum atomic E-state index is 0.154. The van der Waals surface area contributed by atoms with Crippen molar-refractivity contribution in [2.45, 2.75) is 33.3 Å². The standard InChI is InChI=1S/C13H22N2OS/c1-4-17-10-6-9-14-12-7-5-8-15-13(12)16-11(2)3/h5,7-8,11,14H,4,6,9-10H2,1-3H3. The molecule has 0 bridgehead atoms. The van der Waals surface area contributed by atoms with E-state index in [2.05, 4.69) is 17.2 Å². The molecule has 0 aromatic carbocycles. The van der Waals surface area contributed by atoms with Crippen molar-refractivity contribution >= 4 is 17.4 Å². The lowest BCUT2D eigenvalue weighted by Gasteiger charge is -2.13. The van der Waals surface area contributed by atoms with Gasteiger partial charge >= 0.3 is 0 Å². The fraction of sp³-hybridized carbons (Fsp3) is 0.615. The Morgan fingerprint density at radius 2 is 2.29 bits per heavy atom.